The van der Waals surface area contributed by atoms with Gasteiger partial charge in [-0.1, -0.05) is 0 Å². The highest BCUT2D eigenvalue weighted by atomic mass is 35.5. The van der Waals surface area contributed by atoms with Crippen molar-refractivity contribution in [1.29, 1.82) is 0 Å². The lowest BCUT2D eigenvalue weighted by atomic mass is 10.3. The van der Waals surface area contributed by atoms with Crippen LogP contribution in [0.1, 0.15) is 5.82 Å². The van der Waals surface area contributed by atoms with E-state index < -0.39 is 0 Å². The highest BCUT2D eigenvalue weighted by Crippen LogP contribution is 2.23. The van der Waals surface area contributed by atoms with Crippen LogP contribution in [0, 0.1) is 0 Å². The quantitative estimate of drug-likeness (QED) is 0.784. The van der Waals surface area contributed by atoms with E-state index in [9.17, 15) is 0 Å². The first-order valence-corrected chi connectivity index (χ1v) is 6.86. The van der Waals surface area contributed by atoms with E-state index in [0.29, 0.717) is 43.4 Å². The van der Waals surface area contributed by atoms with E-state index in [-0.39, 0.29) is 12.0 Å². The summed E-state index contributed by atoms with van der Waals surface area (Å²) in [6, 6.07) is 0. The monoisotopic (exact) mass is 298 g/mol. The molecule has 1 aliphatic rings. The van der Waals surface area contributed by atoms with Crippen molar-refractivity contribution in [2.24, 2.45) is 0 Å². The molecule has 0 saturated carbocycles. The number of rotatable bonds is 4. The smallest absolute Gasteiger partial charge is 0.245 e. The van der Waals surface area contributed by atoms with Crippen LogP contribution in [0.4, 0.5) is 0 Å². The molecule has 1 fully saturated rings. The van der Waals surface area contributed by atoms with Crippen molar-refractivity contribution in [2.75, 3.05) is 26.9 Å². The topological polar surface area (TPSA) is 71.3 Å². The number of alkyl halides is 1. The van der Waals surface area contributed by atoms with Gasteiger partial charge in [-0.3, -0.25) is 0 Å². The standard InChI is InChI=1S/C12H15ClN4O3/c1-18-12-10-11(14-7-15-12)17(9(4-13)16-10)5-8-6-19-2-3-20-8/h7-8H,2-6H2,1H3. The summed E-state index contributed by atoms with van der Waals surface area (Å²) >= 11 is 5.97. The normalized spacial score (nSPS) is 19.4. The second kappa shape index (κ2) is 5.90. The zero-order valence-corrected chi connectivity index (χ0v) is 11.8. The molecule has 1 atom stereocenters. The number of imidazole rings is 1. The van der Waals surface area contributed by atoms with Crippen LogP contribution in [0.5, 0.6) is 5.88 Å². The molecule has 0 amide bonds. The van der Waals surface area contributed by atoms with Crippen molar-refractivity contribution >= 4 is 22.8 Å². The summed E-state index contributed by atoms with van der Waals surface area (Å²) in [5.74, 6) is 1.45. The van der Waals surface area contributed by atoms with Crippen molar-refractivity contribution in [3.05, 3.63) is 12.2 Å². The van der Waals surface area contributed by atoms with E-state index in [0.717, 1.165) is 5.82 Å². The van der Waals surface area contributed by atoms with Crippen molar-refractivity contribution in [3.8, 4) is 5.88 Å². The predicted molar refractivity (Wildman–Crippen MR) is 72.0 cm³/mol. The first-order valence-electron chi connectivity index (χ1n) is 6.33. The molecule has 1 aliphatic heterocycles. The van der Waals surface area contributed by atoms with E-state index >= 15 is 0 Å². The van der Waals surface area contributed by atoms with Gasteiger partial charge in [-0.05, 0) is 0 Å². The third-order valence-electron chi connectivity index (χ3n) is 3.16. The average molecular weight is 299 g/mol. The van der Waals surface area contributed by atoms with Crippen LogP contribution in [0.15, 0.2) is 6.33 Å². The zero-order chi connectivity index (χ0) is 13.9. The van der Waals surface area contributed by atoms with Gasteiger partial charge in [0.05, 0.1) is 45.5 Å². The molecule has 8 heteroatoms. The number of hydrogen-bond donors (Lipinski definition) is 0. The largest absolute Gasteiger partial charge is 0.479 e. The Kier molecular flexibility index (Phi) is 4.00. The summed E-state index contributed by atoms with van der Waals surface area (Å²) in [4.78, 5) is 12.8. The molecule has 3 rings (SSSR count). The molecule has 2 aromatic heterocycles. The molecule has 2 aromatic rings. The van der Waals surface area contributed by atoms with E-state index in [2.05, 4.69) is 15.0 Å². The summed E-state index contributed by atoms with van der Waals surface area (Å²) in [6.07, 6.45) is 1.43. The number of methoxy groups -OCH3 is 1. The molecule has 0 N–H and O–H groups in total. The maximum atomic E-state index is 5.97. The molecule has 1 unspecified atom stereocenters. The van der Waals surface area contributed by atoms with Gasteiger partial charge in [0.25, 0.3) is 0 Å². The number of aromatic nitrogens is 4. The fraction of sp³-hybridized carbons (Fsp3) is 0.583. The van der Waals surface area contributed by atoms with Crippen molar-refractivity contribution < 1.29 is 14.2 Å². The molecule has 3 heterocycles. The lowest BCUT2D eigenvalue weighted by molar-refractivity contribution is -0.0934. The number of ether oxygens (including phenoxy) is 3. The van der Waals surface area contributed by atoms with Gasteiger partial charge in [0, 0.05) is 0 Å². The Hall–Kier alpha value is -1.44. The Morgan fingerprint density at radius 3 is 3.05 bits per heavy atom. The van der Waals surface area contributed by atoms with Gasteiger partial charge in [-0.25, -0.2) is 9.97 Å². The van der Waals surface area contributed by atoms with Gasteiger partial charge in [-0.2, -0.15) is 4.98 Å². The Labute approximate surface area is 120 Å². The molecule has 108 valence electrons. The van der Waals surface area contributed by atoms with Crippen molar-refractivity contribution in [1.82, 2.24) is 19.5 Å². The number of hydrogen-bond acceptors (Lipinski definition) is 6. The lowest BCUT2D eigenvalue weighted by Gasteiger charge is -2.23. The van der Waals surface area contributed by atoms with Crippen LogP contribution in [-0.2, 0) is 21.9 Å². The molecule has 0 bridgehead atoms. The van der Waals surface area contributed by atoms with Crippen LogP contribution in [0.2, 0.25) is 0 Å². The Bertz CT molecular complexity index is 598. The molecular formula is C12H15ClN4O3. The minimum absolute atomic E-state index is 0.0240. The number of fused-ring (bicyclic) bond motifs is 1. The Balaban J connectivity index is 1.99. The molecule has 0 aromatic carbocycles. The third-order valence-corrected chi connectivity index (χ3v) is 3.40. The maximum Gasteiger partial charge on any atom is 0.245 e. The zero-order valence-electron chi connectivity index (χ0n) is 11.1. The summed E-state index contributed by atoms with van der Waals surface area (Å²) in [5, 5.41) is 0. The van der Waals surface area contributed by atoms with Crippen LogP contribution >= 0.6 is 11.6 Å². The fourth-order valence-electron chi connectivity index (χ4n) is 2.25. The number of halogens is 1. The maximum absolute atomic E-state index is 5.97. The average Bonchev–Trinajstić information content (AvgIpc) is 2.86. The van der Waals surface area contributed by atoms with Crippen LogP contribution in [-0.4, -0.2) is 52.6 Å². The van der Waals surface area contributed by atoms with Gasteiger partial charge in [-0.15, -0.1) is 11.6 Å². The fourth-order valence-corrected chi connectivity index (χ4v) is 2.45. The van der Waals surface area contributed by atoms with Gasteiger partial charge in [0.2, 0.25) is 5.88 Å². The summed E-state index contributed by atoms with van der Waals surface area (Å²) in [7, 11) is 1.55. The van der Waals surface area contributed by atoms with Gasteiger partial charge in [0.15, 0.2) is 11.2 Å². The summed E-state index contributed by atoms with van der Waals surface area (Å²) in [5.41, 5.74) is 1.31. The van der Waals surface area contributed by atoms with Crippen molar-refractivity contribution in [2.45, 2.75) is 18.5 Å². The van der Waals surface area contributed by atoms with E-state index in [1.807, 2.05) is 4.57 Å². The first-order chi connectivity index (χ1) is 9.83. The lowest BCUT2D eigenvalue weighted by Crippen LogP contribution is -2.32. The highest BCUT2D eigenvalue weighted by Gasteiger charge is 2.21. The second-order valence-electron chi connectivity index (χ2n) is 4.40. The Morgan fingerprint density at radius 2 is 2.35 bits per heavy atom. The van der Waals surface area contributed by atoms with Crippen LogP contribution < -0.4 is 4.74 Å². The minimum atomic E-state index is -0.0240. The molecule has 1 saturated heterocycles. The predicted octanol–water partition coefficient (Wildman–Crippen LogP) is 0.989. The van der Waals surface area contributed by atoms with Crippen LogP contribution in [0.3, 0.4) is 0 Å². The van der Waals surface area contributed by atoms with E-state index in [1.54, 1.807) is 7.11 Å². The summed E-state index contributed by atoms with van der Waals surface area (Å²) in [6.45, 7) is 2.40. The van der Waals surface area contributed by atoms with E-state index in [4.69, 9.17) is 25.8 Å². The molecule has 0 radical (unpaired) electrons. The molecule has 0 aliphatic carbocycles. The Morgan fingerprint density at radius 1 is 1.45 bits per heavy atom. The highest BCUT2D eigenvalue weighted by molar-refractivity contribution is 6.16. The minimum Gasteiger partial charge on any atom is -0.479 e. The van der Waals surface area contributed by atoms with Crippen LogP contribution in [0.25, 0.3) is 11.2 Å². The molecule has 0 spiro atoms. The second-order valence-corrected chi connectivity index (χ2v) is 4.66. The number of nitrogens with zero attached hydrogens (tertiary/aromatic N) is 4. The van der Waals surface area contributed by atoms with Gasteiger partial charge >= 0.3 is 0 Å². The molecule has 20 heavy (non-hydrogen) atoms. The molecular weight excluding hydrogens is 284 g/mol. The van der Waals surface area contributed by atoms with E-state index in [1.165, 1.54) is 6.33 Å². The third kappa shape index (κ3) is 2.44. The van der Waals surface area contributed by atoms with Gasteiger partial charge in [0.1, 0.15) is 12.2 Å². The summed E-state index contributed by atoms with van der Waals surface area (Å²) < 4.78 is 18.2. The SMILES string of the molecule is COc1ncnc2c1nc(CCl)n2CC1COCCO1. The van der Waals surface area contributed by atoms with Crippen molar-refractivity contribution in [3.63, 3.8) is 0 Å². The molecule has 7 nitrogen and oxygen atoms in total. The van der Waals surface area contributed by atoms with Gasteiger partial charge < -0.3 is 18.8 Å². The first kappa shape index (κ1) is 13.5.